The van der Waals surface area contributed by atoms with Crippen LogP contribution in [0, 0.1) is 0 Å². The van der Waals surface area contributed by atoms with Gasteiger partial charge < -0.3 is 14.7 Å². The van der Waals surface area contributed by atoms with E-state index in [1.165, 1.54) is 11.3 Å². The molecule has 1 amide bonds. The van der Waals surface area contributed by atoms with Gasteiger partial charge >= 0.3 is 6.09 Å². The average molecular weight is 271 g/mol. The Morgan fingerprint density at radius 2 is 2.17 bits per heavy atom. The van der Waals surface area contributed by atoms with Gasteiger partial charge in [0.15, 0.2) is 0 Å². The highest BCUT2D eigenvalue weighted by Gasteiger charge is 2.36. The molecule has 2 rings (SSSR count). The van der Waals surface area contributed by atoms with Crippen LogP contribution in [0.15, 0.2) is 0 Å². The average Bonchev–Trinajstić information content (AvgIpc) is 2.60. The number of aliphatic hydroxyl groups excluding tert-OH is 1. The Balaban J connectivity index is 1.85. The van der Waals surface area contributed by atoms with Gasteiger partial charge in [-0.05, 0) is 20.8 Å². The van der Waals surface area contributed by atoms with E-state index in [1.807, 2.05) is 20.8 Å². The molecule has 0 radical (unpaired) electrons. The summed E-state index contributed by atoms with van der Waals surface area (Å²) in [5.41, 5.74) is -0.463. The molecule has 1 fully saturated rings. The van der Waals surface area contributed by atoms with E-state index in [2.05, 4.69) is 10.2 Å². The van der Waals surface area contributed by atoms with Gasteiger partial charge in [-0.3, -0.25) is 0 Å². The molecular formula is C11H17N3O3S. The van der Waals surface area contributed by atoms with Crippen LogP contribution < -0.4 is 0 Å². The lowest BCUT2D eigenvalue weighted by Gasteiger charge is -2.38. The molecule has 0 saturated carbocycles. The first-order valence-corrected chi connectivity index (χ1v) is 6.62. The predicted molar refractivity (Wildman–Crippen MR) is 66.4 cm³/mol. The second-order valence-corrected chi connectivity index (χ2v) is 6.37. The molecule has 7 heteroatoms. The number of carbonyl (C=O) groups excluding carboxylic acids is 1. The number of aliphatic hydroxyl groups is 1. The number of rotatable bonds is 2. The molecule has 1 aliphatic heterocycles. The van der Waals surface area contributed by atoms with Crippen molar-refractivity contribution in [2.75, 3.05) is 13.1 Å². The van der Waals surface area contributed by atoms with E-state index in [9.17, 15) is 4.79 Å². The number of carbonyl (C=O) groups is 1. The van der Waals surface area contributed by atoms with E-state index in [4.69, 9.17) is 9.84 Å². The molecule has 18 heavy (non-hydrogen) atoms. The van der Waals surface area contributed by atoms with E-state index in [0.29, 0.717) is 18.1 Å². The third-order valence-electron chi connectivity index (χ3n) is 2.50. The molecule has 1 aromatic heterocycles. The summed E-state index contributed by atoms with van der Waals surface area (Å²) in [7, 11) is 0. The molecule has 0 atom stereocenters. The fourth-order valence-corrected chi connectivity index (χ4v) is 2.39. The zero-order valence-corrected chi connectivity index (χ0v) is 11.5. The maximum Gasteiger partial charge on any atom is 0.410 e. The van der Waals surface area contributed by atoms with Crippen molar-refractivity contribution in [3.05, 3.63) is 10.0 Å². The Morgan fingerprint density at radius 1 is 1.50 bits per heavy atom. The molecule has 6 nitrogen and oxygen atoms in total. The second kappa shape index (κ2) is 4.81. The minimum Gasteiger partial charge on any atom is -0.444 e. The fourth-order valence-electron chi connectivity index (χ4n) is 1.61. The maximum atomic E-state index is 11.7. The van der Waals surface area contributed by atoms with Crippen molar-refractivity contribution in [3.63, 3.8) is 0 Å². The highest BCUT2D eigenvalue weighted by Crippen LogP contribution is 2.30. The number of hydrogen-bond acceptors (Lipinski definition) is 6. The Bertz CT molecular complexity index is 435. The monoisotopic (exact) mass is 271 g/mol. The van der Waals surface area contributed by atoms with Gasteiger partial charge in [0.2, 0.25) is 0 Å². The van der Waals surface area contributed by atoms with Crippen LogP contribution in [0.2, 0.25) is 0 Å². The number of ether oxygens (including phenoxy) is 1. The van der Waals surface area contributed by atoms with Gasteiger partial charge in [-0.15, -0.1) is 10.2 Å². The Kier molecular flexibility index (Phi) is 3.54. The standard InChI is InChI=1S/C11H17N3O3S/c1-11(2,3)17-10(16)14-4-7(5-14)9-13-12-8(6-15)18-9/h7,15H,4-6H2,1-3H3. The zero-order valence-electron chi connectivity index (χ0n) is 10.7. The van der Waals surface area contributed by atoms with Crippen LogP contribution in [0.5, 0.6) is 0 Å². The van der Waals surface area contributed by atoms with E-state index in [-0.39, 0.29) is 18.6 Å². The molecule has 0 bridgehead atoms. The molecule has 1 saturated heterocycles. The first-order valence-electron chi connectivity index (χ1n) is 5.80. The molecule has 2 heterocycles. The van der Waals surface area contributed by atoms with Gasteiger partial charge in [-0.25, -0.2) is 4.79 Å². The summed E-state index contributed by atoms with van der Waals surface area (Å²) in [6, 6.07) is 0. The van der Waals surface area contributed by atoms with E-state index >= 15 is 0 Å². The van der Waals surface area contributed by atoms with Crippen LogP contribution in [0.4, 0.5) is 4.79 Å². The molecule has 1 aromatic rings. The lowest BCUT2D eigenvalue weighted by atomic mass is 10.0. The molecule has 0 unspecified atom stereocenters. The Labute approximate surface area is 110 Å². The molecule has 100 valence electrons. The van der Waals surface area contributed by atoms with Crippen LogP contribution in [0.25, 0.3) is 0 Å². The third-order valence-corrected chi connectivity index (χ3v) is 3.57. The summed E-state index contributed by atoms with van der Waals surface area (Å²) in [6.45, 7) is 6.67. The molecule has 1 aliphatic rings. The van der Waals surface area contributed by atoms with Crippen molar-refractivity contribution in [3.8, 4) is 0 Å². The minimum atomic E-state index is -0.463. The van der Waals surface area contributed by atoms with Gasteiger partial charge in [0.25, 0.3) is 0 Å². The smallest absolute Gasteiger partial charge is 0.410 e. The van der Waals surface area contributed by atoms with E-state index in [1.54, 1.807) is 4.90 Å². The van der Waals surface area contributed by atoms with Gasteiger partial charge in [0.1, 0.15) is 15.6 Å². The fraction of sp³-hybridized carbons (Fsp3) is 0.727. The molecular weight excluding hydrogens is 254 g/mol. The highest BCUT2D eigenvalue weighted by atomic mass is 32.1. The highest BCUT2D eigenvalue weighted by molar-refractivity contribution is 7.11. The number of likely N-dealkylation sites (tertiary alicyclic amines) is 1. The zero-order chi connectivity index (χ0) is 13.3. The third kappa shape index (κ3) is 2.97. The first-order chi connectivity index (χ1) is 8.39. The lowest BCUT2D eigenvalue weighted by molar-refractivity contribution is 0.00813. The Morgan fingerprint density at radius 3 is 2.67 bits per heavy atom. The maximum absolute atomic E-state index is 11.7. The van der Waals surface area contributed by atoms with Crippen LogP contribution in [0.1, 0.15) is 36.7 Å². The van der Waals surface area contributed by atoms with Crippen molar-refractivity contribution in [1.82, 2.24) is 15.1 Å². The normalized spacial score (nSPS) is 16.6. The van der Waals surface area contributed by atoms with Crippen molar-refractivity contribution in [1.29, 1.82) is 0 Å². The minimum absolute atomic E-state index is 0.0832. The van der Waals surface area contributed by atoms with Gasteiger partial charge in [-0.2, -0.15) is 0 Å². The number of nitrogens with zero attached hydrogens (tertiary/aromatic N) is 3. The van der Waals surface area contributed by atoms with Gasteiger partial charge in [0, 0.05) is 19.0 Å². The summed E-state index contributed by atoms with van der Waals surface area (Å²) in [6.07, 6.45) is -0.286. The Hall–Kier alpha value is -1.21. The number of amides is 1. The van der Waals surface area contributed by atoms with Crippen molar-refractivity contribution >= 4 is 17.4 Å². The molecule has 0 aliphatic carbocycles. The SMILES string of the molecule is CC(C)(C)OC(=O)N1CC(c2nnc(CO)s2)C1. The van der Waals surface area contributed by atoms with Gasteiger partial charge in [0.05, 0.1) is 6.61 Å². The van der Waals surface area contributed by atoms with Gasteiger partial charge in [-0.1, -0.05) is 11.3 Å². The topological polar surface area (TPSA) is 75.5 Å². The summed E-state index contributed by atoms with van der Waals surface area (Å²) in [4.78, 5) is 13.4. The molecule has 0 aromatic carbocycles. The van der Waals surface area contributed by atoms with E-state index in [0.717, 1.165) is 5.01 Å². The van der Waals surface area contributed by atoms with Crippen LogP contribution in [-0.2, 0) is 11.3 Å². The summed E-state index contributed by atoms with van der Waals surface area (Å²) in [5.74, 6) is 0.218. The first kappa shape index (κ1) is 13.2. The number of hydrogen-bond donors (Lipinski definition) is 1. The molecule has 0 spiro atoms. The lowest BCUT2D eigenvalue weighted by Crippen LogP contribution is -2.50. The summed E-state index contributed by atoms with van der Waals surface area (Å²) >= 11 is 1.39. The largest absolute Gasteiger partial charge is 0.444 e. The van der Waals surface area contributed by atoms with Crippen LogP contribution in [-0.4, -0.2) is 45.0 Å². The van der Waals surface area contributed by atoms with Crippen molar-refractivity contribution in [2.24, 2.45) is 0 Å². The second-order valence-electron chi connectivity index (χ2n) is 5.27. The number of aromatic nitrogens is 2. The molecule has 1 N–H and O–H groups in total. The van der Waals surface area contributed by atoms with Crippen LogP contribution >= 0.6 is 11.3 Å². The summed E-state index contributed by atoms with van der Waals surface area (Å²) in [5, 5.41) is 18.3. The van der Waals surface area contributed by atoms with Crippen molar-refractivity contribution in [2.45, 2.75) is 38.9 Å². The van der Waals surface area contributed by atoms with E-state index < -0.39 is 5.60 Å². The predicted octanol–water partition coefficient (Wildman–Crippen LogP) is 1.36. The quantitative estimate of drug-likeness (QED) is 0.879. The van der Waals surface area contributed by atoms with Crippen molar-refractivity contribution < 1.29 is 14.6 Å². The van der Waals surface area contributed by atoms with Crippen LogP contribution in [0.3, 0.4) is 0 Å². The summed E-state index contributed by atoms with van der Waals surface area (Å²) < 4.78 is 5.27.